The van der Waals surface area contributed by atoms with Gasteiger partial charge in [0.1, 0.15) is 12.4 Å². The highest BCUT2D eigenvalue weighted by Gasteiger charge is 2.33. The number of hydrogen-bond donors (Lipinski definition) is 2. The molecular formula is C20H22ClNO5. The van der Waals surface area contributed by atoms with Gasteiger partial charge in [-0.25, -0.2) is 9.59 Å². The third kappa shape index (κ3) is 6.58. The van der Waals surface area contributed by atoms with Gasteiger partial charge in [-0.15, -0.1) is 0 Å². The molecule has 0 saturated heterocycles. The summed E-state index contributed by atoms with van der Waals surface area (Å²) in [7, 11) is 0. The second-order valence-corrected chi connectivity index (χ2v) is 6.73. The van der Waals surface area contributed by atoms with Crippen molar-refractivity contribution < 1.29 is 24.2 Å². The van der Waals surface area contributed by atoms with E-state index in [1.165, 1.54) is 12.1 Å². The normalized spacial score (nSPS) is 12.9. The van der Waals surface area contributed by atoms with Crippen molar-refractivity contribution in [3.63, 3.8) is 0 Å². The Hall–Kier alpha value is -2.57. The molecule has 0 aliphatic heterocycles. The summed E-state index contributed by atoms with van der Waals surface area (Å²) in [6.45, 7) is 3.50. The second-order valence-electron chi connectivity index (χ2n) is 6.29. The Morgan fingerprint density at radius 2 is 1.70 bits per heavy atom. The van der Waals surface area contributed by atoms with Gasteiger partial charge in [0.2, 0.25) is 0 Å². The number of amides is 1. The van der Waals surface area contributed by atoms with E-state index in [1.54, 1.807) is 26.0 Å². The standard InChI is InChI=1S/C20H22ClNO5/c1-13(2)18(23)17(19(24)27-16-10-8-15(21)9-11-16)22-20(25)26-12-14-6-4-3-5-7-14/h3-11,13,17-18,23H,12H2,1-2H3,(H,22,25)/t17-,18+/m1/s1. The van der Waals surface area contributed by atoms with E-state index in [4.69, 9.17) is 21.1 Å². The van der Waals surface area contributed by atoms with Crippen LogP contribution in [0.3, 0.4) is 0 Å². The lowest BCUT2D eigenvalue weighted by molar-refractivity contribution is -0.140. The molecule has 0 bridgehead atoms. The summed E-state index contributed by atoms with van der Waals surface area (Å²) < 4.78 is 10.4. The fourth-order valence-corrected chi connectivity index (χ4v) is 2.37. The van der Waals surface area contributed by atoms with Gasteiger partial charge in [0.25, 0.3) is 0 Å². The minimum atomic E-state index is -1.27. The Morgan fingerprint density at radius 3 is 2.30 bits per heavy atom. The predicted molar refractivity (Wildman–Crippen MR) is 101 cm³/mol. The van der Waals surface area contributed by atoms with E-state index in [0.717, 1.165) is 5.56 Å². The molecule has 0 unspecified atom stereocenters. The maximum Gasteiger partial charge on any atom is 0.408 e. The summed E-state index contributed by atoms with van der Waals surface area (Å²) in [4.78, 5) is 24.6. The van der Waals surface area contributed by atoms with Gasteiger partial charge in [0.15, 0.2) is 6.04 Å². The van der Waals surface area contributed by atoms with Crippen molar-refractivity contribution in [3.05, 3.63) is 65.2 Å². The van der Waals surface area contributed by atoms with Crippen molar-refractivity contribution in [2.24, 2.45) is 5.92 Å². The molecule has 6 nitrogen and oxygen atoms in total. The van der Waals surface area contributed by atoms with E-state index in [2.05, 4.69) is 5.32 Å². The molecule has 2 aromatic rings. The molecule has 144 valence electrons. The molecule has 2 atom stereocenters. The molecule has 2 N–H and O–H groups in total. The fourth-order valence-electron chi connectivity index (χ4n) is 2.24. The molecular weight excluding hydrogens is 370 g/mol. The Kier molecular flexibility index (Phi) is 7.64. The third-order valence-corrected chi connectivity index (χ3v) is 4.05. The highest BCUT2D eigenvalue weighted by molar-refractivity contribution is 6.30. The van der Waals surface area contributed by atoms with Crippen molar-refractivity contribution in [2.75, 3.05) is 0 Å². The van der Waals surface area contributed by atoms with Crippen molar-refractivity contribution in [2.45, 2.75) is 32.6 Å². The van der Waals surface area contributed by atoms with Crippen molar-refractivity contribution >= 4 is 23.7 Å². The monoisotopic (exact) mass is 391 g/mol. The molecule has 0 radical (unpaired) electrons. The minimum absolute atomic E-state index is 0.0450. The number of carbonyl (C=O) groups excluding carboxylic acids is 2. The largest absolute Gasteiger partial charge is 0.445 e. The maximum atomic E-state index is 12.5. The first-order valence-corrected chi connectivity index (χ1v) is 8.87. The molecule has 27 heavy (non-hydrogen) atoms. The number of hydrogen-bond acceptors (Lipinski definition) is 5. The van der Waals surface area contributed by atoms with E-state index in [-0.39, 0.29) is 18.3 Å². The van der Waals surface area contributed by atoms with Gasteiger partial charge < -0.3 is 19.9 Å². The number of benzene rings is 2. The van der Waals surface area contributed by atoms with Gasteiger partial charge in [-0.1, -0.05) is 55.8 Å². The van der Waals surface area contributed by atoms with E-state index < -0.39 is 24.2 Å². The number of carbonyl (C=O) groups is 2. The third-order valence-electron chi connectivity index (χ3n) is 3.80. The zero-order valence-corrected chi connectivity index (χ0v) is 15.8. The van der Waals surface area contributed by atoms with Crippen LogP contribution in [0.2, 0.25) is 5.02 Å². The summed E-state index contributed by atoms with van der Waals surface area (Å²) in [5, 5.41) is 13.2. The van der Waals surface area contributed by atoms with Gasteiger partial charge in [0, 0.05) is 5.02 Å². The fraction of sp³-hybridized carbons (Fsp3) is 0.300. The molecule has 1 amide bonds. The molecule has 2 aromatic carbocycles. The Balaban J connectivity index is 2.01. The average Bonchev–Trinajstić information content (AvgIpc) is 2.66. The van der Waals surface area contributed by atoms with Crippen LogP contribution >= 0.6 is 11.6 Å². The van der Waals surface area contributed by atoms with Gasteiger partial charge >= 0.3 is 12.1 Å². The van der Waals surface area contributed by atoms with Gasteiger partial charge in [-0.05, 0) is 35.7 Å². The molecule has 0 aliphatic rings. The lowest BCUT2D eigenvalue weighted by Crippen LogP contribution is -2.52. The summed E-state index contributed by atoms with van der Waals surface area (Å²) in [6.07, 6.45) is -1.97. The Morgan fingerprint density at radius 1 is 1.07 bits per heavy atom. The average molecular weight is 392 g/mol. The molecule has 0 aromatic heterocycles. The topological polar surface area (TPSA) is 84.9 Å². The summed E-state index contributed by atoms with van der Waals surface area (Å²) in [5.74, 6) is -0.831. The number of nitrogens with one attached hydrogen (secondary N) is 1. The number of esters is 1. The number of rotatable bonds is 7. The van der Waals surface area contributed by atoms with Crippen LogP contribution in [0.15, 0.2) is 54.6 Å². The number of ether oxygens (including phenoxy) is 2. The van der Waals surface area contributed by atoms with Gasteiger partial charge in [-0.3, -0.25) is 0 Å². The van der Waals surface area contributed by atoms with Gasteiger partial charge in [-0.2, -0.15) is 0 Å². The van der Waals surface area contributed by atoms with E-state index in [9.17, 15) is 14.7 Å². The number of halogens is 1. The lowest BCUT2D eigenvalue weighted by atomic mass is 10.00. The zero-order valence-electron chi connectivity index (χ0n) is 15.1. The Bertz CT molecular complexity index is 749. The second kappa shape index (κ2) is 9.94. The number of aliphatic hydroxyl groups is 1. The van der Waals surface area contributed by atoms with Crippen LogP contribution in [-0.2, 0) is 16.1 Å². The smallest absolute Gasteiger partial charge is 0.408 e. The maximum absolute atomic E-state index is 12.5. The minimum Gasteiger partial charge on any atom is -0.445 e. The molecule has 0 spiro atoms. The van der Waals surface area contributed by atoms with Crippen LogP contribution in [0.5, 0.6) is 5.75 Å². The van der Waals surface area contributed by atoms with Crippen LogP contribution in [0.1, 0.15) is 19.4 Å². The summed E-state index contributed by atoms with van der Waals surface area (Å²) >= 11 is 5.80. The first-order valence-electron chi connectivity index (χ1n) is 8.49. The first kappa shape index (κ1) is 20.7. The lowest BCUT2D eigenvalue weighted by Gasteiger charge is -2.24. The van der Waals surface area contributed by atoms with Crippen molar-refractivity contribution in [3.8, 4) is 5.75 Å². The van der Waals surface area contributed by atoms with Crippen molar-refractivity contribution in [1.29, 1.82) is 0 Å². The molecule has 0 fully saturated rings. The quantitative estimate of drug-likeness (QED) is 0.557. The van der Waals surface area contributed by atoms with E-state index >= 15 is 0 Å². The molecule has 0 aliphatic carbocycles. The van der Waals surface area contributed by atoms with E-state index in [0.29, 0.717) is 5.02 Å². The van der Waals surface area contributed by atoms with Crippen molar-refractivity contribution in [1.82, 2.24) is 5.32 Å². The summed E-state index contributed by atoms with van der Waals surface area (Å²) in [5.41, 5.74) is 0.803. The molecule has 2 rings (SSSR count). The summed E-state index contributed by atoms with van der Waals surface area (Å²) in [6, 6.07) is 14.0. The SMILES string of the molecule is CC(C)[C@H](O)[C@@H](NC(=O)OCc1ccccc1)C(=O)Oc1ccc(Cl)cc1. The zero-order chi connectivity index (χ0) is 19.8. The van der Waals surface area contributed by atoms with Crippen LogP contribution < -0.4 is 10.1 Å². The van der Waals surface area contributed by atoms with Crippen LogP contribution in [0.25, 0.3) is 0 Å². The number of alkyl carbamates (subject to hydrolysis) is 1. The first-order chi connectivity index (χ1) is 12.9. The van der Waals surface area contributed by atoms with Gasteiger partial charge in [0.05, 0.1) is 6.10 Å². The highest BCUT2D eigenvalue weighted by atomic mass is 35.5. The van der Waals surface area contributed by atoms with Crippen LogP contribution in [0.4, 0.5) is 4.79 Å². The molecule has 0 saturated carbocycles. The Labute approximate surface area is 163 Å². The van der Waals surface area contributed by atoms with Crippen LogP contribution in [-0.4, -0.2) is 29.3 Å². The van der Waals surface area contributed by atoms with E-state index in [1.807, 2.05) is 30.3 Å². The highest BCUT2D eigenvalue weighted by Crippen LogP contribution is 2.17. The molecule has 0 heterocycles. The predicted octanol–water partition coefficient (Wildman–Crippen LogP) is 3.56. The van der Waals surface area contributed by atoms with Crippen LogP contribution in [0, 0.1) is 5.92 Å². The number of aliphatic hydroxyl groups excluding tert-OH is 1. The molecule has 7 heteroatoms.